The summed E-state index contributed by atoms with van der Waals surface area (Å²) in [5.74, 6) is 0.589. The molecule has 94 valence electrons. The fourth-order valence-corrected chi connectivity index (χ4v) is 4.08. The van der Waals surface area contributed by atoms with Gasteiger partial charge >= 0.3 is 0 Å². The first-order valence-electron chi connectivity index (χ1n) is 5.68. The van der Waals surface area contributed by atoms with Gasteiger partial charge in [-0.05, 0) is 31.0 Å². The molecule has 1 aromatic rings. The number of benzene rings is 1. The lowest BCUT2D eigenvalue weighted by atomic mass is 10.1. The van der Waals surface area contributed by atoms with Crippen LogP contribution in [0.25, 0.3) is 0 Å². The van der Waals surface area contributed by atoms with Crippen LogP contribution in [0.4, 0.5) is 0 Å². The third-order valence-corrected chi connectivity index (χ3v) is 5.38. The predicted molar refractivity (Wildman–Crippen MR) is 72.8 cm³/mol. The van der Waals surface area contributed by atoms with Gasteiger partial charge in [-0.3, -0.25) is 0 Å². The lowest BCUT2D eigenvalue weighted by molar-refractivity contribution is 0.485. The molecule has 1 saturated heterocycles. The second kappa shape index (κ2) is 5.08. The van der Waals surface area contributed by atoms with Gasteiger partial charge in [0.2, 0.25) is 0 Å². The average Bonchev–Trinajstić information content (AvgIpc) is 2.59. The van der Waals surface area contributed by atoms with Gasteiger partial charge in [-0.25, -0.2) is 8.42 Å². The highest BCUT2D eigenvalue weighted by molar-refractivity contribution is 9.10. The van der Waals surface area contributed by atoms with Crippen molar-refractivity contribution in [2.45, 2.75) is 25.4 Å². The molecule has 2 atom stereocenters. The summed E-state index contributed by atoms with van der Waals surface area (Å²) in [6.07, 6.45) is 0.725. The highest BCUT2D eigenvalue weighted by Gasteiger charge is 2.28. The molecular formula is C12H16BrNO2S. The largest absolute Gasteiger partial charge is 0.306 e. The standard InChI is InChI=1S/C12H16BrNO2S/c1-9(10-2-4-11(13)5-3-10)14-12-6-7-17(15,16)8-12/h2-5,9,12,14H,6-8H2,1H3. The molecule has 0 bridgehead atoms. The number of hydrogen-bond donors (Lipinski definition) is 1. The van der Waals surface area contributed by atoms with Crippen molar-refractivity contribution < 1.29 is 8.42 Å². The van der Waals surface area contributed by atoms with E-state index >= 15 is 0 Å². The summed E-state index contributed by atoms with van der Waals surface area (Å²) in [5, 5.41) is 3.38. The number of nitrogens with one attached hydrogen (secondary N) is 1. The summed E-state index contributed by atoms with van der Waals surface area (Å²) in [7, 11) is -2.80. The molecule has 1 heterocycles. The molecule has 0 spiro atoms. The van der Waals surface area contributed by atoms with E-state index in [1.165, 1.54) is 5.56 Å². The maximum Gasteiger partial charge on any atom is 0.151 e. The minimum atomic E-state index is -2.80. The number of sulfone groups is 1. The highest BCUT2D eigenvalue weighted by atomic mass is 79.9. The van der Waals surface area contributed by atoms with E-state index in [0.717, 1.165) is 10.9 Å². The zero-order valence-electron chi connectivity index (χ0n) is 9.69. The highest BCUT2D eigenvalue weighted by Crippen LogP contribution is 2.19. The van der Waals surface area contributed by atoms with Crippen LogP contribution in [0.1, 0.15) is 24.9 Å². The third-order valence-electron chi connectivity index (χ3n) is 3.09. The molecule has 1 aliphatic heterocycles. The maximum atomic E-state index is 11.4. The lowest BCUT2D eigenvalue weighted by Crippen LogP contribution is -2.32. The zero-order chi connectivity index (χ0) is 12.5. The Labute approximate surface area is 111 Å². The first-order chi connectivity index (χ1) is 7.96. The molecule has 1 aliphatic rings. The summed E-state index contributed by atoms with van der Waals surface area (Å²) >= 11 is 3.40. The van der Waals surface area contributed by atoms with Crippen LogP contribution in [0.2, 0.25) is 0 Å². The smallest absolute Gasteiger partial charge is 0.151 e. The van der Waals surface area contributed by atoms with Crippen molar-refractivity contribution in [3.8, 4) is 0 Å². The van der Waals surface area contributed by atoms with Gasteiger partial charge in [0.1, 0.15) is 0 Å². The summed E-state index contributed by atoms with van der Waals surface area (Å²) in [6, 6.07) is 8.37. The van der Waals surface area contributed by atoms with E-state index in [0.29, 0.717) is 5.75 Å². The number of halogens is 1. The molecule has 17 heavy (non-hydrogen) atoms. The van der Waals surface area contributed by atoms with E-state index in [4.69, 9.17) is 0 Å². The normalized spacial score (nSPS) is 24.7. The van der Waals surface area contributed by atoms with Gasteiger partial charge in [-0.1, -0.05) is 28.1 Å². The molecule has 1 fully saturated rings. The molecule has 3 nitrogen and oxygen atoms in total. The summed E-state index contributed by atoms with van der Waals surface area (Å²) < 4.78 is 23.8. The van der Waals surface area contributed by atoms with Crippen LogP contribution in [-0.4, -0.2) is 26.0 Å². The van der Waals surface area contributed by atoms with Gasteiger partial charge in [-0.2, -0.15) is 0 Å². The average molecular weight is 318 g/mol. The summed E-state index contributed by atoms with van der Waals surface area (Å²) in [5.41, 5.74) is 1.18. The lowest BCUT2D eigenvalue weighted by Gasteiger charge is -2.18. The van der Waals surface area contributed by atoms with Crippen LogP contribution < -0.4 is 5.32 Å². The van der Waals surface area contributed by atoms with Crippen LogP contribution >= 0.6 is 15.9 Å². The molecule has 5 heteroatoms. The Kier molecular flexibility index (Phi) is 3.90. The van der Waals surface area contributed by atoms with Gasteiger partial charge in [0.25, 0.3) is 0 Å². The van der Waals surface area contributed by atoms with Gasteiger partial charge < -0.3 is 5.32 Å². The third kappa shape index (κ3) is 3.53. The molecule has 2 unspecified atom stereocenters. The van der Waals surface area contributed by atoms with Crippen LogP contribution in [0, 0.1) is 0 Å². The minimum Gasteiger partial charge on any atom is -0.306 e. The Bertz CT molecular complexity index is 484. The van der Waals surface area contributed by atoms with Crippen LogP contribution in [-0.2, 0) is 9.84 Å². The van der Waals surface area contributed by atoms with Crippen LogP contribution in [0.15, 0.2) is 28.7 Å². The Morgan fingerprint density at radius 1 is 1.35 bits per heavy atom. The Hall–Kier alpha value is -0.390. The molecule has 0 radical (unpaired) electrons. The Morgan fingerprint density at radius 2 is 2.00 bits per heavy atom. The number of rotatable bonds is 3. The quantitative estimate of drug-likeness (QED) is 0.930. The fraction of sp³-hybridized carbons (Fsp3) is 0.500. The molecule has 0 amide bonds. The maximum absolute atomic E-state index is 11.4. The molecule has 2 rings (SSSR count). The van der Waals surface area contributed by atoms with Crippen molar-refractivity contribution in [2.24, 2.45) is 0 Å². The molecule has 1 aromatic carbocycles. The first-order valence-corrected chi connectivity index (χ1v) is 8.30. The molecule has 1 N–H and O–H groups in total. The van der Waals surface area contributed by atoms with E-state index in [2.05, 4.69) is 28.2 Å². The van der Waals surface area contributed by atoms with Gasteiger partial charge in [-0.15, -0.1) is 0 Å². The van der Waals surface area contributed by atoms with E-state index in [-0.39, 0.29) is 17.8 Å². The van der Waals surface area contributed by atoms with E-state index in [1.807, 2.05) is 24.3 Å². The van der Waals surface area contributed by atoms with E-state index in [1.54, 1.807) is 0 Å². The van der Waals surface area contributed by atoms with Crippen molar-refractivity contribution in [3.63, 3.8) is 0 Å². The molecular weight excluding hydrogens is 302 g/mol. The minimum absolute atomic E-state index is 0.0960. The second-order valence-corrected chi connectivity index (χ2v) is 7.68. The number of hydrogen-bond acceptors (Lipinski definition) is 3. The SMILES string of the molecule is CC(NC1CCS(=O)(=O)C1)c1ccc(Br)cc1. The zero-order valence-corrected chi connectivity index (χ0v) is 12.1. The van der Waals surface area contributed by atoms with Crippen molar-refractivity contribution in [1.82, 2.24) is 5.32 Å². The topological polar surface area (TPSA) is 46.2 Å². The van der Waals surface area contributed by atoms with E-state index < -0.39 is 9.84 Å². The van der Waals surface area contributed by atoms with Gasteiger partial charge in [0.05, 0.1) is 11.5 Å². The van der Waals surface area contributed by atoms with Crippen LogP contribution in [0.3, 0.4) is 0 Å². The van der Waals surface area contributed by atoms with Crippen LogP contribution in [0.5, 0.6) is 0 Å². The fourth-order valence-electron chi connectivity index (χ4n) is 2.13. The van der Waals surface area contributed by atoms with Crippen molar-refractivity contribution in [1.29, 1.82) is 0 Å². The van der Waals surface area contributed by atoms with E-state index in [9.17, 15) is 8.42 Å². The molecule has 0 saturated carbocycles. The van der Waals surface area contributed by atoms with Crippen molar-refractivity contribution >= 4 is 25.8 Å². The monoisotopic (exact) mass is 317 g/mol. The molecule has 0 aromatic heterocycles. The predicted octanol–water partition coefficient (Wildman–Crippen LogP) is 2.29. The first kappa shape index (κ1) is 13.1. The van der Waals surface area contributed by atoms with Gasteiger partial charge in [0.15, 0.2) is 9.84 Å². The Morgan fingerprint density at radius 3 is 2.53 bits per heavy atom. The summed E-state index contributed by atoms with van der Waals surface area (Å²) in [4.78, 5) is 0. The van der Waals surface area contributed by atoms with Crippen molar-refractivity contribution in [3.05, 3.63) is 34.3 Å². The molecule has 0 aliphatic carbocycles. The second-order valence-electron chi connectivity index (χ2n) is 4.54. The van der Waals surface area contributed by atoms with Gasteiger partial charge in [0, 0.05) is 16.6 Å². The summed E-state index contributed by atoms with van der Waals surface area (Å²) in [6.45, 7) is 2.06. The van der Waals surface area contributed by atoms with Crippen molar-refractivity contribution in [2.75, 3.05) is 11.5 Å². The Balaban J connectivity index is 1.98.